The zero-order valence-electron chi connectivity index (χ0n) is 6.31. The first-order valence-corrected chi connectivity index (χ1v) is 3.15. The van der Waals surface area contributed by atoms with Gasteiger partial charge in [0.05, 0.1) is 0 Å². The second kappa shape index (κ2) is 3.04. The second-order valence-electron chi connectivity index (χ2n) is 1.98. The van der Waals surface area contributed by atoms with Crippen molar-refractivity contribution in [1.29, 1.82) is 0 Å². The van der Waals surface area contributed by atoms with E-state index in [1.165, 1.54) is 19.4 Å². The molecule has 0 unspecified atom stereocenters. The molecule has 0 aliphatic rings. The van der Waals surface area contributed by atoms with Crippen LogP contribution in [-0.2, 0) is 0 Å². The molecule has 0 aliphatic heterocycles. The zero-order chi connectivity index (χ0) is 9.14. The van der Waals surface area contributed by atoms with Crippen LogP contribution in [0.2, 0.25) is 0 Å². The quantitative estimate of drug-likeness (QED) is 0.600. The smallest absolute Gasteiger partial charge is 0.360 e. The lowest BCUT2D eigenvalue weighted by atomic mass is 10.4. The van der Waals surface area contributed by atoms with Crippen molar-refractivity contribution in [1.82, 2.24) is 9.66 Å². The average molecular weight is 169 g/mol. The summed E-state index contributed by atoms with van der Waals surface area (Å²) in [5.41, 5.74) is 1.32. The normalized spacial score (nSPS) is 9.42. The molecule has 6 heteroatoms. The summed E-state index contributed by atoms with van der Waals surface area (Å²) in [4.78, 5) is 24.9. The number of hydrogen-bond acceptors (Lipinski definition) is 4. The third-order valence-corrected chi connectivity index (χ3v) is 1.28. The SMILES string of the molecule is CNn1ccnc(C(=O)O)c1=O. The summed E-state index contributed by atoms with van der Waals surface area (Å²) in [6.07, 6.45) is 2.58. The van der Waals surface area contributed by atoms with Gasteiger partial charge in [0.15, 0.2) is 0 Å². The molecule has 0 radical (unpaired) electrons. The van der Waals surface area contributed by atoms with Crippen LogP contribution in [0.1, 0.15) is 10.5 Å². The summed E-state index contributed by atoms with van der Waals surface area (Å²) in [6.45, 7) is 0. The molecule has 0 atom stereocenters. The summed E-state index contributed by atoms with van der Waals surface area (Å²) in [7, 11) is 1.51. The van der Waals surface area contributed by atoms with Crippen LogP contribution < -0.4 is 11.0 Å². The molecule has 0 fully saturated rings. The average Bonchev–Trinajstić information content (AvgIpc) is 2.04. The van der Waals surface area contributed by atoms with Gasteiger partial charge in [0.1, 0.15) is 0 Å². The Kier molecular flexibility index (Phi) is 2.09. The van der Waals surface area contributed by atoms with Gasteiger partial charge in [-0.3, -0.25) is 4.79 Å². The van der Waals surface area contributed by atoms with E-state index in [9.17, 15) is 9.59 Å². The maximum Gasteiger partial charge on any atom is 0.360 e. The molecule has 0 saturated carbocycles. The van der Waals surface area contributed by atoms with Crippen molar-refractivity contribution in [3.8, 4) is 0 Å². The van der Waals surface area contributed by atoms with Crippen LogP contribution >= 0.6 is 0 Å². The van der Waals surface area contributed by atoms with Crippen molar-refractivity contribution in [3.05, 3.63) is 28.4 Å². The number of aromatic carboxylic acids is 1. The number of nitrogens with zero attached hydrogens (tertiary/aromatic N) is 2. The van der Waals surface area contributed by atoms with Gasteiger partial charge in [-0.1, -0.05) is 0 Å². The molecule has 0 aromatic carbocycles. The molecule has 0 amide bonds. The molecule has 0 bridgehead atoms. The number of carbonyl (C=O) groups is 1. The second-order valence-corrected chi connectivity index (χ2v) is 1.98. The van der Waals surface area contributed by atoms with Gasteiger partial charge in [-0.05, 0) is 0 Å². The lowest BCUT2D eigenvalue weighted by molar-refractivity contribution is 0.0687. The molecule has 12 heavy (non-hydrogen) atoms. The Morgan fingerprint density at radius 2 is 2.42 bits per heavy atom. The summed E-state index contributed by atoms with van der Waals surface area (Å²) in [5, 5.41) is 8.48. The number of aromatic nitrogens is 2. The van der Waals surface area contributed by atoms with E-state index in [1.807, 2.05) is 0 Å². The molecule has 1 heterocycles. The predicted molar refractivity (Wildman–Crippen MR) is 40.7 cm³/mol. The third-order valence-electron chi connectivity index (χ3n) is 1.28. The molecule has 0 aliphatic carbocycles. The molecule has 0 saturated heterocycles. The Morgan fingerprint density at radius 1 is 1.75 bits per heavy atom. The third kappa shape index (κ3) is 1.26. The van der Waals surface area contributed by atoms with Gasteiger partial charge >= 0.3 is 11.5 Å². The van der Waals surface area contributed by atoms with Crippen LogP contribution in [0.25, 0.3) is 0 Å². The molecule has 6 nitrogen and oxygen atoms in total. The van der Waals surface area contributed by atoms with Gasteiger partial charge in [-0.2, -0.15) is 0 Å². The van der Waals surface area contributed by atoms with Crippen LogP contribution in [0.3, 0.4) is 0 Å². The number of nitrogens with one attached hydrogen (secondary N) is 1. The molecule has 2 N–H and O–H groups in total. The first kappa shape index (κ1) is 8.25. The van der Waals surface area contributed by atoms with E-state index in [-0.39, 0.29) is 0 Å². The van der Waals surface area contributed by atoms with Crippen LogP contribution in [0, 0.1) is 0 Å². The Bertz CT molecular complexity index is 357. The van der Waals surface area contributed by atoms with Crippen LogP contribution in [0.4, 0.5) is 0 Å². The van der Waals surface area contributed by atoms with E-state index in [0.29, 0.717) is 0 Å². The summed E-state index contributed by atoms with van der Waals surface area (Å²) >= 11 is 0. The van der Waals surface area contributed by atoms with E-state index in [0.717, 1.165) is 4.68 Å². The van der Waals surface area contributed by atoms with Crippen molar-refractivity contribution in [3.63, 3.8) is 0 Å². The van der Waals surface area contributed by atoms with Crippen molar-refractivity contribution in [2.45, 2.75) is 0 Å². The standard InChI is InChI=1S/C6H7N3O3/c1-7-9-3-2-8-4(5(9)10)6(11)12/h2-3,7H,1H3,(H,11,12). The minimum Gasteiger partial charge on any atom is -0.476 e. The number of carboxylic acids is 1. The van der Waals surface area contributed by atoms with Crippen LogP contribution in [0.15, 0.2) is 17.2 Å². The molecule has 1 aromatic rings. The lowest BCUT2D eigenvalue weighted by Gasteiger charge is -2.02. The Hall–Kier alpha value is -1.85. The number of hydrogen-bond donors (Lipinski definition) is 2. The van der Waals surface area contributed by atoms with E-state index in [4.69, 9.17) is 5.11 Å². The van der Waals surface area contributed by atoms with Crippen LogP contribution in [-0.4, -0.2) is 27.8 Å². The molecular formula is C6H7N3O3. The maximum absolute atomic E-state index is 11.1. The minimum absolute atomic E-state index is 0.494. The maximum atomic E-state index is 11.1. The topological polar surface area (TPSA) is 84.2 Å². The van der Waals surface area contributed by atoms with E-state index in [1.54, 1.807) is 0 Å². The van der Waals surface area contributed by atoms with Gasteiger partial charge < -0.3 is 10.5 Å². The van der Waals surface area contributed by atoms with Gasteiger partial charge in [0.25, 0.3) is 0 Å². The van der Waals surface area contributed by atoms with Crippen molar-refractivity contribution in [2.75, 3.05) is 12.5 Å². The minimum atomic E-state index is -1.33. The van der Waals surface area contributed by atoms with E-state index in [2.05, 4.69) is 10.4 Å². The molecule has 64 valence electrons. The molecule has 0 spiro atoms. The van der Waals surface area contributed by atoms with E-state index < -0.39 is 17.2 Å². The highest BCUT2D eigenvalue weighted by Gasteiger charge is 2.10. The van der Waals surface area contributed by atoms with Crippen molar-refractivity contribution < 1.29 is 9.90 Å². The summed E-state index contributed by atoms with van der Waals surface area (Å²) in [6, 6.07) is 0. The Labute approximate surface area is 67.4 Å². The highest BCUT2D eigenvalue weighted by molar-refractivity contribution is 5.84. The lowest BCUT2D eigenvalue weighted by Crippen LogP contribution is -2.31. The monoisotopic (exact) mass is 169 g/mol. The Balaban J connectivity index is 3.33. The first-order valence-electron chi connectivity index (χ1n) is 3.15. The fourth-order valence-corrected chi connectivity index (χ4v) is 0.734. The number of carboxylic acid groups (broad SMARTS) is 1. The Morgan fingerprint density at radius 3 is 2.92 bits per heavy atom. The van der Waals surface area contributed by atoms with Gasteiger partial charge in [-0.25, -0.2) is 14.5 Å². The fraction of sp³-hybridized carbons (Fsp3) is 0.167. The molecule has 1 rings (SSSR count). The summed E-state index contributed by atoms with van der Waals surface area (Å²) < 4.78 is 1.04. The predicted octanol–water partition coefficient (Wildman–Crippen LogP) is -0.885. The van der Waals surface area contributed by atoms with Crippen LogP contribution in [0.5, 0.6) is 0 Å². The summed E-state index contributed by atoms with van der Waals surface area (Å²) in [5.74, 6) is -1.33. The van der Waals surface area contributed by atoms with E-state index >= 15 is 0 Å². The van der Waals surface area contributed by atoms with Gasteiger partial charge in [0, 0.05) is 19.4 Å². The molecule has 1 aromatic heterocycles. The largest absolute Gasteiger partial charge is 0.476 e. The highest BCUT2D eigenvalue weighted by Crippen LogP contribution is 1.83. The molecular weight excluding hydrogens is 162 g/mol. The first-order chi connectivity index (χ1) is 5.66. The van der Waals surface area contributed by atoms with Crippen molar-refractivity contribution >= 4 is 5.97 Å². The highest BCUT2D eigenvalue weighted by atomic mass is 16.4. The van der Waals surface area contributed by atoms with Crippen molar-refractivity contribution in [2.24, 2.45) is 0 Å². The fourth-order valence-electron chi connectivity index (χ4n) is 0.734. The number of rotatable bonds is 2. The van der Waals surface area contributed by atoms with Gasteiger partial charge in [-0.15, -0.1) is 0 Å². The zero-order valence-corrected chi connectivity index (χ0v) is 6.31. The van der Waals surface area contributed by atoms with Gasteiger partial charge in [0.2, 0.25) is 5.69 Å².